The molecule has 0 atom stereocenters. The molecule has 2 fully saturated rings. The molecule has 1 amide bonds. The van der Waals surface area contributed by atoms with Crippen molar-refractivity contribution in [2.45, 2.75) is 25.6 Å². The van der Waals surface area contributed by atoms with Gasteiger partial charge in [0.25, 0.3) is 5.91 Å². The molecule has 0 unspecified atom stereocenters. The van der Waals surface area contributed by atoms with E-state index in [0.29, 0.717) is 43.3 Å². The summed E-state index contributed by atoms with van der Waals surface area (Å²) in [6, 6.07) is 5.40. The van der Waals surface area contributed by atoms with Crippen molar-refractivity contribution in [2.75, 3.05) is 26.3 Å². The van der Waals surface area contributed by atoms with Crippen LogP contribution in [-0.2, 0) is 9.47 Å². The maximum Gasteiger partial charge on any atom is 0.253 e. The molecule has 0 saturated carbocycles. The van der Waals surface area contributed by atoms with Crippen LogP contribution in [0.25, 0.3) is 11.1 Å². The number of piperidine rings is 1. The highest BCUT2D eigenvalue weighted by Crippen LogP contribution is 2.31. The van der Waals surface area contributed by atoms with Crippen LogP contribution in [0.2, 0.25) is 0 Å². The van der Waals surface area contributed by atoms with Crippen LogP contribution in [0.3, 0.4) is 0 Å². The lowest BCUT2D eigenvalue weighted by Gasteiger charge is -2.37. The molecule has 3 heterocycles. The first kappa shape index (κ1) is 13.7. The fourth-order valence-electron chi connectivity index (χ4n) is 3.19. The molecule has 22 heavy (non-hydrogen) atoms. The zero-order chi connectivity index (χ0) is 15.2. The number of nitrogens with zero attached hydrogens (tertiary/aromatic N) is 2. The van der Waals surface area contributed by atoms with Crippen LogP contribution < -0.4 is 0 Å². The van der Waals surface area contributed by atoms with Gasteiger partial charge in [-0.3, -0.25) is 4.79 Å². The maximum atomic E-state index is 12.6. The van der Waals surface area contributed by atoms with Gasteiger partial charge in [0.1, 0.15) is 5.52 Å². The zero-order valence-electron chi connectivity index (χ0n) is 12.5. The van der Waals surface area contributed by atoms with Gasteiger partial charge in [-0.1, -0.05) is 0 Å². The van der Waals surface area contributed by atoms with Gasteiger partial charge >= 0.3 is 0 Å². The molecule has 2 aromatic rings. The minimum absolute atomic E-state index is 0.0174. The second-order valence-electron chi connectivity index (χ2n) is 5.82. The summed E-state index contributed by atoms with van der Waals surface area (Å²) in [6.45, 7) is 4.39. The van der Waals surface area contributed by atoms with Crippen molar-refractivity contribution in [1.29, 1.82) is 0 Å². The van der Waals surface area contributed by atoms with E-state index in [-0.39, 0.29) is 5.91 Å². The number of aromatic nitrogens is 1. The van der Waals surface area contributed by atoms with E-state index in [9.17, 15) is 4.79 Å². The highest BCUT2D eigenvalue weighted by atomic mass is 16.7. The third kappa shape index (κ3) is 2.28. The lowest BCUT2D eigenvalue weighted by Crippen LogP contribution is -2.47. The fraction of sp³-hybridized carbons (Fsp3) is 0.500. The van der Waals surface area contributed by atoms with Gasteiger partial charge < -0.3 is 18.8 Å². The Balaban J connectivity index is 1.51. The van der Waals surface area contributed by atoms with Crippen molar-refractivity contribution in [3.63, 3.8) is 0 Å². The molecule has 1 aromatic carbocycles. The number of aryl methyl sites for hydroxylation is 1. The average Bonchev–Trinajstić information content (AvgIpc) is 3.12. The Hall–Kier alpha value is -1.92. The molecule has 2 saturated heterocycles. The van der Waals surface area contributed by atoms with Crippen LogP contribution in [-0.4, -0.2) is 47.9 Å². The smallest absolute Gasteiger partial charge is 0.253 e. The molecule has 0 bridgehead atoms. The minimum Gasteiger partial charge on any atom is -0.441 e. The van der Waals surface area contributed by atoms with Gasteiger partial charge in [0, 0.05) is 38.4 Å². The van der Waals surface area contributed by atoms with E-state index in [4.69, 9.17) is 13.9 Å². The molecule has 116 valence electrons. The SMILES string of the molecule is Cc1nc2ccc(C(=O)N3CCC4(CC3)OCCO4)cc2o1. The molecule has 4 rings (SSSR count). The molecule has 0 N–H and O–H groups in total. The quantitative estimate of drug-likeness (QED) is 0.807. The van der Waals surface area contributed by atoms with Crippen LogP contribution in [0.5, 0.6) is 0 Å². The first-order valence-corrected chi connectivity index (χ1v) is 7.60. The van der Waals surface area contributed by atoms with Gasteiger partial charge in [0.05, 0.1) is 13.2 Å². The van der Waals surface area contributed by atoms with E-state index in [0.717, 1.165) is 18.4 Å². The molecule has 1 aromatic heterocycles. The van der Waals surface area contributed by atoms with E-state index in [1.165, 1.54) is 0 Å². The monoisotopic (exact) mass is 302 g/mol. The molecule has 1 spiro atoms. The lowest BCUT2D eigenvalue weighted by atomic mass is 10.0. The maximum absolute atomic E-state index is 12.6. The summed E-state index contributed by atoms with van der Waals surface area (Å²) in [4.78, 5) is 18.7. The van der Waals surface area contributed by atoms with Crippen LogP contribution in [0.1, 0.15) is 29.1 Å². The van der Waals surface area contributed by atoms with Crippen LogP contribution in [0.4, 0.5) is 0 Å². The minimum atomic E-state index is -0.456. The summed E-state index contributed by atoms with van der Waals surface area (Å²) in [7, 11) is 0. The van der Waals surface area contributed by atoms with E-state index < -0.39 is 5.79 Å². The number of rotatable bonds is 1. The van der Waals surface area contributed by atoms with Crippen LogP contribution in [0, 0.1) is 6.92 Å². The van der Waals surface area contributed by atoms with E-state index in [1.54, 1.807) is 19.1 Å². The van der Waals surface area contributed by atoms with Gasteiger partial charge in [0.2, 0.25) is 0 Å². The number of fused-ring (bicyclic) bond motifs is 1. The number of hydrogen-bond acceptors (Lipinski definition) is 5. The molecule has 2 aliphatic heterocycles. The number of oxazole rings is 1. The number of carbonyl (C=O) groups is 1. The first-order chi connectivity index (χ1) is 10.7. The molecule has 2 aliphatic rings. The predicted molar refractivity (Wildman–Crippen MR) is 78.5 cm³/mol. The summed E-state index contributed by atoms with van der Waals surface area (Å²) in [5, 5.41) is 0. The zero-order valence-corrected chi connectivity index (χ0v) is 12.5. The van der Waals surface area contributed by atoms with Gasteiger partial charge in [0.15, 0.2) is 17.3 Å². The van der Waals surface area contributed by atoms with Crippen molar-refractivity contribution in [3.8, 4) is 0 Å². The number of benzene rings is 1. The third-order valence-corrected chi connectivity index (χ3v) is 4.37. The van der Waals surface area contributed by atoms with Gasteiger partial charge in [-0.15, -0.1) is 0 Å². The highest BCUT2D eigenvalue weighted by molar-refractivity contribution is 5.97. The Morgan fingerprint density at radius 2 is 1.95 bits per heavy atom. The van der Waals surface area contributed by atoms with Crippen LogP contribution in [0.15, 0.2) is 22.6 Å². The molecule has 6 nitrogen and oxygen atoms in total. The molecule has 0 radical (unpaired) electrons. The summed E-state index contributed by atoms with van der Waals surface area (Å²) >= 11 is 0. The normalized spacial score (nSPS) is 20.9. The summed E-state index contributed by atoms with van der Waals surface area (Å²) in [5.41, 5.74) is 2.06. The first-order valence-electron chi connectivity index (χ1n) is 7.60. The number of hydrogen-bond donors (Lipinski definition) is 0. The number of likely N-dealkylation sites (tertiary alicyclic amines) is 1. The van der Waals surface area contributed by atoms with Gasteiger partial charge in [-0.25, -0.2) is 4.98 Å². The van der Waals surface area contributed by atoms with Gasteiger partial charge in [-0.05, 0) is 18.2 Å². The standard InChI is InChI=1S/C16H18N2O4/c1-11-17-13-3-2-12(10-14(13)22-11)15(19)18-6-4-16(5-7-18)20-8-9-21-16/h2-3,10H,4-9H2,1H3. The average molecular weight is 302 g/mol. The second-order valence-corrected chi connectivity index (χ2v) is 5.82. The Morgan fingerprint density at radius 1 is 1.23 bits per heavy atom. The largest absolute Gasteiger partial charge is 0.441 e. The van der Waals surface area contributed by atoms with Gasteiger partial charge in [-0.2, -0.15) is 0 Å². The lowest BCUT2D eigenvalue weighted by molar-refractivity contribution is -0.181. The van der Waals surface area contributed by atoms with Crippen molar-refractivity contribution < 1.29 is 18.7 Å². The Kier molecular flexibility index (Phi) is 3.16. The highest BCUT2D eigenvalue weighted by Gasteiger charge is 2.40. The Bertz CT molecular complexity index is 708. The van der Waals surface area contributed by atoms with Crippen LogP contribution >= 0.6 is 0 Å². The number of carbonyl (C=O) groups excluding carboxylic acids is 1. The molecule has 6 heteroatoms. The molecular formula is C16H18N2O4. The third-order valence-electron chi connectivity index (χ3n) is 4.37. The molecule has 0 aliphatic carbocycles. The fourth-order valence-corrected chi connectivity index (χ4v) is 3.19. The Morgan fingerprint density at radius 3 is 2.68 bits per heavy atom. The molecular weight excluding hydrogens is 284 g/mol. The Labute approximate surface area is 128 Å². The summed E-state index contributed by atoms with van der Waals surface area (Å²) in [5.74, 6) is 0.168. The van der Waals surface area contributed by atoms with Crippen molar-refractivity contribution >= 4 is 17.0 Å². The number of amides is 1. The second kappa shape index (κ2) is 5.07. The topological polar surface area (TPSA) is 64.8 Å². The van der Waals surface area contributed by atoms with Crippen molar-refractivity contribution in [1.82, 2.24) is 9.88 Å². The van der Waals surface area contributed by atoms with E-state index in [1.807, 2.05) is 11.0 Å². The predicted octanol–water partition coefficient (Wildman–Crippen LogP) is 2.12. The van der Waals surface area contributed by atoms with E-state index >= 15 is 0 Å². The number of ether oxygens (including phenoxy) is 2. The van der Waals surface area contributed by atoms with Crippen molar-refractivity contribution in [3.05, 3.63) is 29.7 Å². The van der Waals surface area contributed by atoms with Crippen molar-refractivity contribution in [2.24, 2.45) is 0 Å². The van der Waals surface area contributed by atoms with E-state index in [2.05, 4.69) is 4.98 Å². The summed E-state index contributed by atoms with van der Waals surface area (Å²) in [6.07, 6.45) is 1.45. The summed E-state index contributed by atoms with van der Waals surface area (Å²) < 4.78 is 16.9.